The van der Waals surface area contributed by atoms with Gasteiger partial charge in [-0.25, -0.2) is 8.78 Å². The quantitative estimate of drug-likeness (QED) is 0.903. The first-order valence-electron chi connectivity index (χ1n) is 6.40. The molecular weight excluding hydrogens is 268 g/mol. The van der Waals surface area contributed by atoms with Crippen LogP contribution in [0.25, 0.3) is 0 Å². The summed E-state index contributed by atoms with van der Waals surface area (Å²) in [4.78, 5) is 1.77. The summed E-state index contributed by atoms with van der Waals surface area (Å²) in [5.74, 6) is -0.323. The maximum atomic E-state index is 14.0. The van der Waals surface area contributed by atoms with Crippen molar-refractivity contribution in [3.05, 3.63) is 29.3 Å². The summed E-state index contributed by atoms with van der Waals surface area (Å²) in [5, 5.41) is 8.95. The zero-order chi connectivity index (χ0) is 14.0. The predicted molar refractivity (Wildman–Crippen MR) is 75.6 cm³/mol. The zero-order valence-electron chi connectivity index (χ0n) is 11.2. The smallest absolute Gasteiger partial charge is 0.149 e. The Morgan fingerprint density at radius 3 is 2.47 bits per heavy atom. The first kappa shape index (κ1) is 14.6. The van der Waals surface area contributed by atoms with E-state index < -0.39 is 11.6 Å². The van der Waals surface area contributed by atoms with E-state index >= 15 is 0 Å². The molecule has 2 rings (SSSR count). The molecule has 0 saturated carbocycles. The van der Waals surface area contributed by atoms with E-state index in [1.165, 1.54) is 12.1 Å². The van der Waals surface area contributed by atoms with Crippen LogP contribution in [0.3, 0.4) is 0 Å². The van der Waals surface area contributed by atoms with E-state index in [4.69, 9.17) is 5.11 Å². The van der Waals surface area contributed by atoms with E-state index in [2.05, 4.69) is 13.8 Å². The van der Waals surface area contributed by atoms with Gasteiger partial charge >= 0.3 is 0 Å². The number of thioether (sulfide) groups is 1. The van der Waals surface area contributed by atoms with Crippen LogP contribution in [0.4, 0.5) is 14.5 Å². The van der Waals surface area contributed by atoms with Crippen molar-refractivity contribution < 1.29 is 13.9 Å². The Morgan fingerprint density at radius 1 is 1.26 bits per heavy atom. The first-order valence-corrected chi connectivity index (χ1v) is 7.39. The van der Waals surface area contributed by atoms with E-state index in [9.17, 15) is 8.78 Å². The molecule has 19 heavy (non-hydrogen) atoms. The molecule has 2 nitrogen and oxygen atoms in total. The molecule has 1 aliphatic heterocycles. The number of rotatable bonds is 2. The van der Waals surface area contributed by atoms with Crippen molar-refractivity contribution >= 4 is 17.4 Å². The molecule has 0 aromatic heterocycles. The number of aliphatic hydroxyl groups is 1. The number of nitrogens with zero attached hydrogens (tertiary/aromatic N) is 1. The Morgan fingerprint density at radius 2 is 1.89 bits per heavy atom. The van der Waals surface area contributed by atoms with Crippen LogP contribution >= 0.6 is 11.8 Å². The third-order valence-electron chi connectivity index (χ3n) is 3.41. The van der Waals surface area contributed by atoms with Crippen LogP contribution in [0.5, 0.6) is 0 Å². The predicted octanol–water partition coefficient (Wildman–Crippen LogP) is 3.18. The maximum absolute atomic E-state index is 14.0. The molecule has 0 aliphatic carbocycles. The molecule has 0 spiro atoms. The number of benzene rings is 1. The van der Waals surface area contributed by atoms with Gasteiger partial charge < -0.3 is 10.0 Å². The van der Waals surface area contributed by atoms with Gasteiger partial charge in [0.15, 0.2) is 0 Å². The summed E-state index contributed by atoms with van der Waals surface area (Å²) in [6.07, 6.45) is 0.887. The van der Waals surface area contributed by atoms with Gasteiger partial charge in [0, 0.05) is 23.6 Å². The molecule has 1 N–H and O–H groups in total. The van der Waals surface area contributed by atoms with Gasteiger partial charge in [0.25, 0.3) is 0 Å². The molecular formula is C14H19F2NOS. The van der Waals surface area contributed by atoms with E-state index in [1.807, 2.05) is 11.8 Å². The van der Waals surface area contributed by atoms with Crippen molar-refractivity contribution in [1.82, 2.24) is 0 Å². The Hall–Kier alpha value is -0.810. The molecule has 0 amide bonds. The summed E-state index contributed by atoms with van der Waals surface area (Å²) in [6.45, 7) is 5.25. The molecule has 1 saturated heterocycles. The van der Waals surface area contributed by atoms with Crippen LogP contribution in [-0.4, -0.2) is 28.7 Å². The molecule has 0 atom stereocenters. The van der Waals surface area contributed by atoms with Gasteiger partial charge in [0.2, 0.25) is 0 Å². The zero-order valence-corrected chi connectivity index (χ0v) is 12.1. The number of anilines is 1. The van der Waals surface area contributed by atoms with Crippen LogP contribution in [0.2, 0.25) is 0 Å². The molecule has 1 aromatic carbocycles. The Balaban J connectivity index is 2.27. The monoisotopic (exact) mass is 287 g/mol. The Labute approximate surface area is 116 Å². The molecule has 1 heterocycles. The number of aliphatic hydroxyl groups excluding tert-OH is 1. The summed E-state index contributed by atoms with van der Waals surface area (Å²) in [5.41, 5.74) is 0.304. The molecule has 106 valence electrons. The lowest BCUT2D eigenvalue weighted by molar-refractivity contribution is 0.280. The minimum absolute atomic E-state index is 0.0375. The van der Waals surface area contributed by atoms with Gasteiger partial charge in [-0.05, 0) is 24.1 Å². The minimum Gasteiger partial charge on any atom is -0.392 e. The molecule has 1 aromatic rings. The van der Waals surface area contributed by atoms with Crippen molar-refractivity contribution in [2.24, 2.45) is 0 Å². The van der Waals surface area contributed by atoms with Gasteiger partial charge in [-0.15, -0.1) is 0 Å². The van der Waals surface area contributed by atoms with Gasteiger partial charge in [0.1, 0.15) is 17.3 Å². The van der Waals surface area contributed by atoms with Crippen molar-refractivity contribution in [2.45, 2.75) is 31.6 Å². The third kappa shape index (κ3) is 3.39. The lowest BCUT2D eigenvalue weighted by atomic mass is 10.1. The topological polar surface area (TPSA) is 23.5 Å². The highest BCUT2D eigenvalue weighted by Crippen LogP contribution is 2.34. The molecule has 5 heteroatoms. The van der Waals surface area contributed by atoms with Crippen LogP contribution in [0.15, 0.2) is 12.1 Å². The van der Waals surface area contributed by atoms with Crippen molar-refractivity contribution in [3.63, 3.8) is 0 Å². The lowest BCUT2D eigenvalue weighted by Gasteiger charge is -2.25. The van der Waals surface area contributed by atoms with E-state index in [0.29, 0.717) is 13.1 Å². The van der Waals surface area contributed by atoms with Gasteiger partial charge in [-0.1, -0.05) is 13.8 Å². The Kier molecular flexibility index (Phi) is 4.36. The summed E-state index contributed by atoms with van der Waals surface area (Å²) in [6, 6.07) is 2.42. The molecule has 1 fully saturated rings. The van der Waals surface area contributed by atoms with Gasteiger partial charge in [0.05, 0.1) is 6.61 Å². The second kappa shape index (κ2) is 5.67. The second-order valence-corrected chi connectivity index (χ2v) is 7.21. The standard InChI is InChI=1S/C14H19F2NOS/c1-14(2)3-4-17(5-6-19-14)13-11(15)7-10(9-18)8-12(13)16/h7-8,18H,3-6,9H2,1-2H3. The van der Waals surface area contributed by atoms with Gasteiger partial charge in [-0.2, -0.15) is 11.8 Å². The summed E-state index contributed by atoms with van der Waals surface area (Å²) < 4.78 is 28.2. The highest BCUT2D eigenvalue weighted by atomic mass is 32.2. The van der Waals surface area contributed by atoms with E-state index in [0.717, 1.165) is 12.2 Å². The van der Waals surface area contributed by atoms with Crippen LogP contribution in [-0.2, 0) is 6.61 Å². The average molecular weight is 287 g/mol. The normalized spacial score (nSPS) is 19.3. The van der Waals surface area contributed by atoms with Crippen LogP contribution in [0.1, 0.15) is 25.8 Å². The van der Waals surface area contributed by atoms with Crippen LogP contribution in [0, 0.1) is 11.6 Å². The number of hydrogen-bond donors (Lipinski definition) is 1. The first-order chi connectivity index (χ1) is 8.93. The lowest BCUT2D eigenvalue weighted by Crippen LogP contribution is -2.28. The fourth-order valence-electron chi connectivity index (χ4n) is 2.26. The average Bonchev–Trinajstić information content (AvgIpc) is 2.50. The fourth-order valence-corrected chi connectivity index (χ4v) is 3.36. The van der Waals surface area contributed by atoms with Gasteiger partial charge in [-0.3, -0.25) is 0 Å². The summed E-state index contributed by atoms with van der Waals surface area (Å²) in [7, 11) is 0. The summed E-state index contributed by atoms with van der Waals surface area (Å²) >= 11 is 1.83. The Bertz CT molecular complexity index is 442. The van der Waals surface area contributed by atoms with Crippen LogP contribution < -0.4 is 4.90 Å². The molecule has 0 radical (unpaired) electrons. The molecule has 0 unspecified atom stereocenters. The third-order valence-corrected chi connectivity index (χ3v) is 4.79. The van der Waals surface area contributed by atoms with E-state index in [-0.39, 0.29) is 22.6 Å². The van der Waals surface area contributed by atoms with Crippen molar-refractivity contribution in [2.75, 3.05) is 23.7 Å². The van der Waals surface area contributed by atoms with Crippen molar-refractivity contribution in [1.29, 1.82) is 0 Å². The van der Waals surface area contributed by atoms with Crippen molar-refractivity contribution in [3.8, 4) is 0 Å². The second-order valence-electron chi connectivity index (χ2n) is 5.41. The highest BCUT2D eigenvalue weighted by Gasteiger charge is 2.26. The molecule has 0 bridgehead atoms. The minimum atomic E-state index is -0.589. The fraction of sp³-hybridized carbons (Fsp3) is 0.571. The molecule has 1 aliphatic rings. The number of halogens is 2. The van der Waals surface area contributed by atoms with E-state index in [1.54, 1.807) is 4.90 Å². The maximum Gasteiger partial charge on any atom is 0.149 e. The highest BCUT2D eigenvalue weighted by molar-refractivity contribution is 8.00. The largest absolute Gasteiger partial charge is 0.392 e. The SMILES string of the molecule is CC1(C)CCN(c2c(F)cc(CO)cc2F)CCS1. The number of hydrogen-bond acceptors (Lipinski definition) is 3.